The summed E-state index contributed by atoms with van der Waals surface area (Å²) in [7, 11) is 0. The average molecular weight is 238 g/mol. The van der Waals surface area contributed by atoms with Crippen LogP contribution in [0.4, 0.5) is 0 Å². The SMILES string of the molecule is C=CC(=O)OC(C=C)C(C)(C)CCCCCC. The van der Waals surface area contributed by atoms with E-state index < -0.39 is 0 Å². The van der Waals surface area contributed by atoms with Crippen LogP contribution in [0.1, 0.15) is 52.9 Å². The molecule has 0 radical (unpaired) electrons. The molecule has 0 aliphatic rings. The lowest BCUT2D eigenvalue weighted by molar-refractivity contribution is -0.145. The van der Waals surface area contributed by atoms with Crippen LogP contribution in [0.25, 0.3) is 0 Å². The molecule has 0 aromatic carbocycles. The van der Waals surface area contributed by atoms with Gasteiger partial charge in [0, 0.05) is 11.5 Å². The van der Waals surface area contributed by atoms with Gasteiger partial charge in [-0.2, -0.15) is 0 Å². The van der Waals surface area contributed by atoms with Crippen molar-refractivity contribution in [2.24, 2.45) is 5.41 Å². The molecule has 0 saturated carbocycles. The Morgan fingerprint density at radius 2 is 1.94 bits per heavy atom. The van der Waals surface area contributed by atoms with Gasteiger partial charge < -0.3 is 4.74 Å². The van der Waals surface area contributed by atoms with Crippen molar-refractivity contribution in [2.45, 2.75) is 59.0 Å². The smallest absolute Gasteiger partial charge is 0.330 e. The molecule has 0 spiro atoms. The number of unbranched alkanes of at least 4 members (excludes halogenated alkanes) is 3. The summed E-state index contributed by atoms with van der Waals surface area (Å²) >= 11 is 0. The van der Waals surface area contributed by atoms with E-state index in [1.165, 1.54) is 25.3 Å². The highest BCUT2D eigenvalue weighted by atomic mass is 16.5. The Kier molecular flexibility index (Phi) is 7.60. The van der Waals surface area contributed by atoms with Crippen LogP contribution in [-0.2, 0) is 9.53 Å². The molecule has 0 fully saturated rings. The van der Waals surface area contributed by atoms with E-state index in [0.29, 0.717) is 0 Å². The van der Waals surface area contributed by atoms with Crippen LogP contribution in [0.3, 0.4) is 0 Å². The van der Waals surface area contributed by atoms with Crippen LogP contribution in [0.2, 0.25) is 0 Å². The Morgan fingerprint density at radius 3 is 2.41 bits per heavy atom. The summed E-state index contributed by atoms with van der Waals surface area (Å²) in [6.07, 6.45) is 8.60. The highest BCUT2D eigenvalue weighted by molar-refractivity contribution is 5.81. The molecule has 2 nitrogen and oxygen atoms in total. The maximum Gasteiger partial charge on any atom is 0.330 e. The van der Waals surface area contributed by atoms with Crippen LogP contribution < -0.4 is 0 Å². The fourth-order valence-corrected chi connectivity index (χ4v) is 1.85. The molecule has 2 heteroatoms. The van der Waals surface area contributed by atoms with Crippen LogP contribution >= 0.6 is 0 Å². The summed E-state index contributed by atoms with van der Waals surface area (Å²) in [6.45, 7) is 13.6. The lowest BCUT2D eigenvalue weighted by Gasteiger charge is -2.31. The normalized spacial score (nSPS) is 12.9. The molecular weight excluding hydrogens is 212 g/mol. The number of hydrogen-bond acceptors (Lipinski definition) is 2. The summed E-state index contributed by atoms with van der Waals surface area (Å²) < 4.78 is 5.30. The molecule has 0 aliphatic heterocycles. The third kappa shape index (κ3) is 6.30. The maximum absolute atomic E-state index is 11.2. The second kappa shape index (κ2) is 8.10. The standard InChI is InChI=1S/C15H26O2/c1-6-9-10-11-12-15(4,5)13(7-2)17-14(16)8-3/h7-8,13H,2-3,6,9-12H2,1,4-5H3. The molecule has 0 rings (SSSR count). The molecule has 0 aromatic rings. The zero-order valence-electron chi connectivity index (χ0n) is 11.5. The molecule has 1 atom stereocenters. The topological polar surface area (TPSA) is 26.3 Å². The quantitative estimate of drug-likeness (QED) is 0.259. The predicted molar refractivity (Wildman–Crippen MR) is 72.8 cm³/mol. The molecule has 0 bridgehead atoms. The van der Waals surface area contributed by atoms with Gasteiger partial charge in [0.25, 0.3) is 0 Å². The van der Waals surface area contributed by atoms with Gasteiger partial charge in [0.05, 0.1) is 0 Å². The molecule has 98 valence electrons. The highest BCUT2D eigenvalue weighted by Crippen LogP contribution is 2.31. The maximum atomic E-state index is 11.2. The average Bonchev–Trinajstić information content (AvgIpc) is 2.31. The summed E-state index contributed by atoms with van der Waals surface area (Å²) in [6, 6.07) is 0. The van der Waals surface area contributed by atoms with Gasteiger partial charge in [-0.3, -0.25) is 0 Å². The molecule has 0 N–H and O–H groups in total. The Hall–Kier alpha value is -1.05. The molecule has 0 aromatic heterocycles. The Balaban J connectivity index is 4.26. The van der Waals surface area contributed by atoms with Gasteiger partial charge in [-0.25, -0.2) is 4.79 Å². The Bertz CT molecular complexity index is 254. The Labute approximate surface area is 106 Å². The van der Waals surface area contributed by atoms with E-state index in [9.17, 15) is 4.79 Å². The number of ether oxygens (including phenoxy) is 1. The van der Waals surface area contributed by atoms with Crippen LogP contribution in [0, 0.1) is 5.41 Å². The predicted octanol–water partition coefficient (Wildman–Crippen LogP) is 4.27. The number of hydrogen-bond donors (Lipinski definition) is 0. The van der Waals surface area contributed by atoms with Crippen LogP contribution in [-0.4, -0.2) is 12.1 Å². The van der Waals surface area contributed by atoms with Crippen molar-refractivity contribution in [3.63, 3.8) is 0 Å². The third-order valence-corrected chi connectivity index (χ3v) is 3.07. The third-order valence-electron chi connectivity index (χ3n) is 3.07. The minimum Gasteiger partial charge on any atom is -0.454 e. The van der Waals surface area contributed by atoms with Crippen molar-refractivity contribution in [3.8, 4) is 0 Å². The van der Waals surface area contributed by atoms with Crippen molar-refractivity contribution in [1.82, 2.24) is 0 Å². The van der Waals surface area contributed by atoms with Gasteiger partial charge in [-0.05, 0) is 6.42 Å². The first-order valence-electron chi connectivity index (χ1n) is 6.43. The fraction of sp³-hybridized carbons (Fsp3) is 0.667. The van der Waals surface area contributed by atoms with Gasteiger partial charge in [-0.1, -0.05) is 65.7 Å². The van der Waals surface area contributed by atoms with E-state index in [1.807, 2.05) is 0 Å². The van der Waals surface area contributed by atoms with Gasteiger partial charge >= 0.3 is 5.97 Å². The summed E-state index contributed by atoms with van der Waals surface area (Å²) in [4.78, 5) is 11.2. The van der Waals surface area contributed by atoms with Crippen LogP contribution in [0.5, 0.6) is 0 Å². The zero-order valence-corrected chi connectivity index (χ0v) is 11.5. The highest BCUT2D eigenvalue weighted by Gasteiger charge is 2.29. The fourth-order valence-electron chi connectivity index (χ4n) is 1.85. The van der Waals surface area contributed by atoms with E-state index in [0.717, 1.165) is 12.8 Å². The number of carbonyl (C=O) groups is 1. The van der Waals surface area contributed by atoms with E-state index in [1.54, 1.807) is 6.08 Å². The second-order valence-corrected chi connectivity index (χ2v) is 5.10. The van der Waals surface area contributed by atoms with Gasteiger partial charge in [0.2, 0.25) is 0 Å². The summed E-state index contributed by atoms with van der Waals surface area (Å²) in [5.41, 5.74) is -0.0613. The summed E-state index contributed by atoms with van der Waals surface area (Å²) in [5.74, 6) is -0.378. The first-order chi connectivity index (χ1) is 7.97. The van der Waals surface area contributed by atoms with Crippen molar-refractivity contribution in [3.05, 3.63) is 25.3 Å². The zero-order chi connectivity index (χ0) is 13.3. The molecule has 0 amide bonds. The first kappa shape index (κ1) is 16.0. The van der Waals surface area contributed by atoms with Crippen LogP contribution in [0.15, 0.2) is 25.3 Å². The molecule has 1 unspecified atom stereocenters. The monoisotopic (exact) mass is 238 g/mol. The lowest BCUT2D eigenvalue weighted by atomic mass is 9.81. The minimum absolute atomic E-state index is 0.0613. The van der Waals surface area contributed by atoms with Crippen molar-refractivity contribution >= 4 is 5.97 Å². The number of rotatable bonds is 9. The minimum atomic E-state index is -0.378. The Morgan fingerprint density at radius 1 is 1.29 bits per heavy atom. The first-order valence-corrected chi connectivity index (χ1v) is 6.43. The van der Waals surface area contributed by atoms with E-state index >= 15 is 0 Å². The molecule has 0 heterocycles. The molecule has 0 saturated heterocycles. The number of carbonyl (C=O) groups excluding carboxylic acids is 1. The molecular formula is C15H26O2. The lowest BCUT2D eigenvalue weighted by Crippen LogP contribution is -2.31. The van der Waals surface area contributed by atoms with Crippen molar-refractivity contribution < 1.29 is 9.53 Å². The van der Waals surface area contributed by atoms with Crippen molar-refractivity contribution in [2.75, 3.05) is 0 Å². The van der Waals surface area contributed by atoms with Gasteiger partial charge in [-0.15, -0.1) is 0 Å². The van der Waals surface area contributed by atoms with E-state index in [4.69, 9.17) is 4.74 Å². The van der Waals surface area contributed by atoms with Crippen molar-refractivity contribution in [1.29, 1.82) is 0 Å². The summed E-state index contributed by atoms with van der Waals surface area (Å²) in [5, 5.41) is 0. The second-order valence-electron chi connectivity index (χ2n) is 5.10. The molecule has 17 heavy (non-hydrogen) atoms. The number of esters is 1. The van der Waals surface area contributed by atoms with Gasteiger partial charge in [0.1, 0.15) is 6.10 Å². The largest absolute Gasteiger partial charge is 0.454 e. The van der Waals surface area contributed by atoms with E-state index in [-0.39, 0.29) is 17.5 Å². The van der Waals surface area contributed by atoms with Gasteiger partial charge in [0.15, 0.2) is 0 Å². The molecule has 0 aliphatic carbocycles. The van der Waals surface area contributed by atoms with E-state index in [2.05, 4.69) is 33.9 Å².